The van der Waals surface area contributed by atoms with Crippen molar-refractivity contribution in [2.24, 2.45) is 5.92 Å². The molecule has 1 aromatic heterocycles. The maximum absolute atomic E-state index is 11.2. The van der Waals surface area contributed by atoms with E-state index < -0.39 is 10.4 Å². The third-order valence-electron chi connectivity index (χ3n) is 2.64. The van der Waals surface area contributed by atoms with Crippen LogP contribution >= 0.6 is 15.9 Å². The number of nitro groups is 1. The van der Waals surface area contributed by atoms with Gasteiger partial charge in [-0.3, -0.25) is 14.9 Å². The van der Waals surface area contributed by atoms with E-state index in [9.17, 15) is 14.9 Å². The molecule has 0 aliphatic carbocycles. The Morgan fingerprint density at radius 1 is 1.53 bits per heavy atom. The van der Waals surface area contributed by atoms with Gasteiger partial charge in [0.2, 0.25) is 0 Å². The van der Waals surface area contributed by atoms with Gasteiger partial charge in [-0.15, -0.1) is 0 Å². The molecular weight excluding hydrogens is 288 g/mol. The van der Waals surface area contributed by atoms with Crippen LogP contribution in [0.1, 0.15) is 19.8 Å². The molecule has 0 radical (unpaired) electrons. The van der Waals surface area contributed by atoms with Gasteiger partial charge in [0.1, 0.15) is 0 Å². The Kier molecular flexibility index (Phi) is 5.34. The van der Waals surface area contributed by atoms with Crippen molar-refractivity contribution >= 4 is 21.6 Å². The number of hydrogen-bond acceptors (Lipinski definition) is 3. The Bertz CT molecular complexity index is 445. The molecule has 1 atom stereocenters. The number of pyridine rings is 1. The number of hydrogen-bond donors (Lipinski definition) is 0. The van der Waals surface area contributed by atoms with Crippen LogP contribution in [0.15, 0.2) is 23.3 Å². The summed E-state index contributed by atoms with van der Waals surface area (Å²) < 4.78 is 1.70. The maximum Gasteiger partial charge on any atom is 0.332 e. The summed E-state index contributed by atoms with van der Waals surface area (Å²) in [6, 6.07) is 1.24. The summed E-state index contributed by atoms with van der Waals surface area (Å²) in [6.07, 6.45) is 4.91. The average Bonchev–Trinajstić information content (AvgIpc) is 2.28. The summed E-state index contributed by atoms with van der Waals surface area (Å²) >= 11 is 3.38. The molecule has 1 aromatic rings. The van der Waals surface area contributed by atoms with Crippen LogP contribution in [0.25, 0.3) is 0 Å². The summed E-state index contributed by atoms with van der Waals surface area (Å²) in [5, 5.41) is 11.6. The van der Waals surface area contributed by atoms with Gasteiger partial charge in [0, 0.05) is 24.1 Å². The van der Waals surface area contributed by atoms with Crippen molar-refractivity contribution in [3.63, 3.8) is 0 Å². The summed E-state index contributed by atoms with van der Waals surface area (Å²) in [4.78, 5) is 21.2. The second-order valence-electron chi connectivity index (χ2n) is 4.06. The number of alkyl halides is 1. The molecule has 0 aliphatic heterocycles. The number of rotatable bonds is 6. The molecule has 0 amide bonds. The van der Waals surface area contributed by atoms with Crippen molar-refractivity contribution in [2.75, 3.05) is 5.33 Å². The first-order valence-corrected chi connectivity index (χ1v) is 6.57. The van der Waals surface area contributed by atoms with Crippen LogP contribution < -0.4 is 5.43 Å². The Labute approximate surface area is 108 Å². The highest BCUT2D eigenvalue weighted by Crippen LogP contribution is 2.11. The second kappa shape index (κ2) is 6.54. The third kappa shape index (κ3) is 4.30. The molecule has 0 fully saturated rings. The van der Waals surface area contributed by atoms with Crippen molar-refractivity contribution in [1.29, 1.82) is 0 Å². The van der Waals surface area contributed by atoms with Gasteiger partial charge in [-0.25, -0.2) is 0 Å². The van der Waals surface area contributed by atoms with Gasteiger partial charge in [0.05, 0.1) is 11.1 Å². The fraction of sp³-hybridized carbons (Fsp3) is 0.545. The molecule has 0 spiro atoms. The first-order chi connectivity index (χ1) is 8.04. The smallest absolute Gasteiger partial charge is 0.332 e. The lowest BCUT2D eigenvalue weighted by Crippen LogP contribution is -2.12. The number of nitrogens with zero attached hydrogens (tertiary/aromatic N) is 2. The van der Waals surface area contributed by atoms with Gasteiger partial charge in [0.15, 0.2) is 0 Å². The van der Waals surface area contributed by atoms with Crippen molar-refractivity contribution in [3.05, 3.63) is 38.8 Å². The predicted octanol–water partition coefficient (Wildman–Crippen LogP) is 2.57. The van der Waals surface area contributed by atoms with Crippen LogP contribution in [0.3, 0.4) is 0 Å². The van der Waals surface area contributed by atoms with Gasteiger partial charge in [-0.2, -0.15) is 0 Å². The summed E-state index contributed by atoms with van der Waals surface area (Å²) in [5.41, 5.74) is -0.902. The molecule has 6 heteroatoms. The monoisotopic (exact) mass is 302 g/mol. The van der Waals surface area contributed by atoms with E-state index in [1.807, 2.05) is 0 Å². The molecule has 1 heterocycles. The van der Waals surface area contributed by atoms with Crippen LogP contribution in [0, 0.1) is 16.0 Å². The highest BCUT2D eigenvalue weighted by molar-refractivity contribution is 9.09. The third-order valence-corrected chi connectivity index (χ3v) is 3.09. The molecule has 0 N–H and O–H groups in total. The van der Waals surface area contributed by atoms with Crippen LogP contribution in [-0.2, 0) is 6.54 Å². The molecule has 0 aromatic carbocycles. The highest BCUT2D eigenvalue weighted by atomic mass is 79.9. The van der Waals surface area contributed by atoms with Crippen LogP contribution in [0.5, 0.6) is 0 Å². The zero-order valence-corrected chi connectivity index (χ0v) is 11.2. The largest absolute Gasteiger partial charge is 0.348 e. The fourth-order valence-electron chi connectivity index (χ4n) is 1.49. The Morgan fingerprint density at radius 2 is 2.24 bits per heavy atom. The van der Waals surface area contributed by atoms with E-state index in [0.29, 0.717) is 12.5 Å². The molecular formula is C11H15BrN2O3. The lowest BCUT2D eigenvalue weighted by atomic mass is 10.1. The van der Waals surface area contributed by atoms with Crippen molar-refractivity contribution in [1.82, 2.24) is 4.57 Å². The molecule has 1 unspecified atom stereocenters. The average molecular weight is 303 g/mol. The quantitative estimate of drug-likeness (QED) is 0.461. The van der Waals surface area contributed by atoms with E-state index in [-0.39, 0.29) is 5.69 Å². The molecule has 0 bridgehead atoms. The summed E-state index contributed by atoms with van der Waals surface area (Å²) in [6.45, 7) is 2.83. The first kappa shape index (κ1) is 13.9. The predicted molar refractivity (Wildman–Crippen MR) is 69.5 cm³/mol. The molecule has 17 heavy (non-hydrogen) atoms. The second-order valence-corrected chi connectivity index (χ2v) is 4.85. The van der Waals surface area contributed by atoms with Gasteiger partial charge < -0.3 is 4.57 Å². The lowest BCUT2D eigenvalue weighted by molar-refractivity contribution is -0.386. The SMILES string of the molecule is CC(CCBr)CCn1ccc(=O)c([N+](=O)[O-])c1. The topological polar surface area (TPSA) is 65.1 Å². The van der Waals surface area contributed by atoms with Crippen molar-refractivity contribution in [2.45, 2.75) is 26.3 Å². The number of aryl methyl sites for hydroxylation is 1. The standard InChI is InChI=1S/C11H15BrN2O3/c1-9(2-5-12)3-6-13-7-4-11(15)10(8-13)14(16)17/h4,7-9H,2-3,5-6H2,1H3. The minimum Gasteiger partial charge on any atom is -0.348 e. The Morgan fingerprint density at radius 3 is 2.82 bits per heavy atom. The molecule has 94 valence electrons. The van der Waals surface area contributed by atoms with Gasteiger partial charge in [-0.1, -0.05) is 22.9 Å². The van der Waals surface area contributed by atoms with Crippen LogP contribution in [0.4, 0.5) is 5.69 Å². The lowest BCUT2D eigenvalue weighted by Gasteiger charge is -2.11. The van der Waals surface area contributed by atoms with Gasteiger partial charge in [-0.05, 0) is 18.8 Å². The van der Waals surface area contributed by atoms with Crippen LogP contribution in [0.2, 0.25) is 0 Å². The molecule has 5 nitrogen and oxygen atoms in total. The molecule has 1 rings (SSSR count). The Hall–Kier alpha value is -1.17. The summed E-state index contributed by atoms with van der Waals surface area (Å²) in [5.74, 6) is 0.549. The van der Waals surface area contributed by atoms with Gasteiger partial charge in [0.25, 0.3) is 5.43 Å². The maximum atomic E-state index is 11.2. The molecule has 0 saturated heterocycles. The number of halogens is 1. The van der Waals surface area contributed by atoms with E-state index in [4.69, 9.17) is 0 Å². The zero-order valence-electron chi connectivity index (χ0n) is 9.63. The van der Waals surface area contributed by atoms with E-state index in [1.54, 1.807) is 10.8 Å². The molecule has 0 aliphatic rings. The zero-order chi connectivity index (χ0) is 12.8. The highest BCUT2D eigenvalue weighted by Gasteiger charge is 2.11. The Balaban J connectivity index is 2.70. The van der Waals surface area contributed by atoms with Crippen molar-refractivity contribution < 1.29 is 4.92 Å². The van der Waals surface area contributed by atoms with Gasteiger partial charge >= 0.3 is 5.69 Å². The molecule has 0 saturated carbocycles. The van der Waals surface area contributed by atoms with Crippen molar-refractivity contribution in [3.8, 4) is 0 Å². The first-order valence-electron chi connectivity index (χ1n) is 5.45. The summed E-state index contributed by atoms with van der Waals surface area (Å²) in [7, 11) is 0. The van der Waals surface area contributed by atoms with E-state index in [1.165, 1.54) is 12.3 Å². The normalized spacial score (nSPS) is 12.4. The number of aromatic nitrogens is 1. The minimum absolute atomic E-state index is 0.361. The van der Waals surface area contributed by atoms with Crippen LogP contribution in [-0.4, -0.2) is 14.8 Å². The van der Waals surface area contributed by atoms with E-state index in [0.717, 1.165) is 18.2 Å². The van der Waals surface area contributed by atoms with E-state index >= 15 is 0 Å². The minimum atomic E-state index is -0.638. The van der Waals surface area contributed by atoms with E-state index in [2.05, 4.69) is 22.9 Å². The fourth-order valence-corrected chi connectivity index (χ4v) is 2.27.